The van der Waals surface area contributed by atoms with E-state index in [-0.39, 0.29) is 18.1 Å². The zero-order valence-electron chi connectivity index (χ0n) is 14.7. The number of pyridine rings is 1. The van der Waals surface area contributed by atoms with Crippen molar-refractivity contribution in [3.05, 3.63) is 76.1 Å². The topological polar surface area (TPSA) is 100 Å². The standard InChI is InChI=1S/C19H14ClFN4O3S/c20-12-7-8-22-14(9-12)18(27)23-10-17(26)24-25-19(28)16-6-5-15(29-16)11-1-3-13(21)4-2-11/h1-9H,10H2,(H,23,27)(H,24,26)(H,25,28). The number of amides is 3. The van der Waals surface area contributed by atoms with Gasteiger partial charge < -0.3 is 5.32 Å². The average molecular weight is 433 g/mol. The van der Waals surface area contributed by atoms with Gasteiger partial charge in [0.1, 0.15) is 11.5 Å². The second-order valence-corrected chi connectivity index (χ2v) is 7.24. The highest BCUT2D eigenvalue weighted by molar-refractivity contribution is 7.17. The molecular formula is C19H14ClFN4O3S. The fourth-order valence-corrected chi connectivity index (χ4v) is 3.31. The number of aromatic nitrogens is 1. The lowest BCUT2D eigenvalue weighted by Crippen LogP contribution is -2.46. The minimum Gasteiger partial charge on any atom is -0.342 e. The molecule has 0 unspecified atom stereocenters. The molecule has 3 aromatic rings. The third kappa shape index (κ3) is 5.59. The predicted molar refractivity (Wildman–Crippen MR) is 107 cm³/mol. The maximum absolute atomic E-state index is 13.0. The number of hydrogen-bond donors (Lipinski definition) is 3. The molecule has 0 atom stereocenters. The Balaban J connectivity index is 1.48. The van der Waals surface area contributed by atoms with Crippen molar-refractivity contribution in [2.75, 3.05) is 6.54 Å². The minimum absolute atomic E-state index is 0.0706. The summed E-state index contributed by atoms with van der Waals surface area (Å²) in [5.74, 6) is -2.05. The van der Waals surface area contributed by atoms with Crippen molar-refractivity contribution in [2.24, 2.45) is 0 Å². The van der Waals surface area contributed by atoms with Crippen molar-refractivity contribution in [1.82, 2.24) is 21.2 Å². The predicted octanol–water partition coefficient (Wildman–Crippen LogP) is 2.79. The van der Waals surface area contributed by atoms with Gasteiger partial charge in [-0.05, 0) is 42.0 Å². The van der Waals surface area contributed by atoms with E-state index >= 15 is 0 Å². The molecule has 3 amide bonds. The third-order valence-electron chi connectivity index (χ3n) is 3.64. The summed E-state index contributed by atoms with van der Waals surface area (Å²) in [6.07, 6.45) is 1.37. The van der Waals surface area contributed by atoms with Crippen LogP contribution in [0.4, 0.5) is 4.39 Å². The van der Waals surface area contributed by atoms with Gasteiger partial charge in [0.05, 0.1) is 11.4 Å². The van der Waals surface area contributed by atoms with E-state index in [4.69, 9.17) is 11.6 Å². The van der Waals surface area contributed by atoms with Gasteiger partial charge in [-0.1, -0.05) is 23.7 Å². The van der Waals surface area contributed by atoms with Gasteiger partial charge in [0.15, 0.2) is 0 Å². The molecule has 7 nitrogen and oxygen atoms in total. The zero-order chi connectivity index (χ0) is 20.8. The van der Waals surface area contributed by atoms with Gasteiger partial charge in [-0.3, -0.25) is 30.2 Å². The fraction of sp³-hybridized carbons (Fsp3) is 0.0526. The largest absolute Gasteiger partial charge is 0.342 e. The van der Waals surface area contributed by atoms with E-state index in [9.17, 15) is 18.8 Å². The molecule has 0 aliphatic rings. The molecule has 0 saturated carbocycles. The highest BCUT2D eigenvalue weighted by Gasteiger charge is 2.13. The number of rotatable bonds is 5. The maximum Gasteiger partial charge on any atom is 0.279 e. The summed E-state index contributed by atoms with van der Waals surface area (Å²) in [5, 5.41) is 2.71. The highest BCUT2D eigenvalue weighted by atomic mass is 35.5. The maximum atomic E-state index is 13.0. The number of carbonyl (C=O) groups is 3. The Labute approximate surface area is 173 Å². The second-order valence-electron chi connectivity index (χ2n) is 5.72. The Morgan fingerprint density at radius 1 is 1.00 bits per heavy atom. The molecule has 3 rings (SSSR count). The molecule has 0 aliphatic carbocycles. The van der Waals surface area contributed by atoms with Crippen molar-refractivity contribution in [3.8, 4) is 10.4 Å². The number of hydrazine groups is 1. The molecule has 2 heterocycles. The lowest BCUT2D eigenvalue weighted by Gasteiger charge is -2.07. The van der Waals surface area contributed by atoms with Crippen molar-refractivity contribution < 1.29 is 18.8 Å². The number of benzene rings is 1. The Bertz CT molecular complexity index is 1060. The van der Waals surface area contributed by atoms with E-state index in [1.54, 1.807) is 24.3 Å². The highest BCUT2D eigenvalue weighted by Crippen LogP contribution is 2.28. The molecular weight excluding hydrogens is 419 g/mol. The van der Waals surface area contributed by atoms with Crippen LogP contribution in [0.25, 0.3) is 10.4 Å². The Kier molecular flexibility index (Phi) is 6.53. The molecule has 0 aliphatic heterocycles. The van der Waals surface area contributed by atoms with E-state index in [0.29, 0.717) is 9.90 Å². The lowest BCUT2D eigenvalue weighted by molar-refractivity contribution is -0.120. The lowest BCUT2D eigenvalue weighted by atomic mass is 10.2. The van der Waals surface area contributed by atoms with E-state index in [2.05, 4.69) is 21.2 Å². The SMILES string of the molecule is O=C(CNC(=O)c1cc(Cl)ccn1)NNC(=O)c1ccc(-c2ccc(F)cc2)s1. The molecule has 148 valence electrons. The van der Waals surface area contributed by atoms with Gasteiger partial charge in [0.2, 0.25) is 0 Å². The molecule has 10 heteroatoms. The van der Waals surface area contributed by atoms with Crippen LogP contribution in [-0.2, 0) is 4.79 Å². The second kappa shape index (κ2) is 9.26. The Hall–Kier alpha value is -3.30. The summed E-state index contributed by atoms with van der Waals surface area (Å²) in [6, 6.07) is 12.1. The van der Waals surface area contributed by atoms with Crippen molar-refractivity contribution in [1.29, 1.82) is 0 Å². The van der Waals surface area contributed by atoms with Crippen LogP contribution in [-0.4, -0.2) is 29.3 Å². The van der Waals surface area contributed by atoms with Gasteiger partial charge >= 0.3 is 0 Å². The molecule has 0 radical (unpaired) electrons. The Morgan fingerprint density at radius 2 is 1.76 bits per heavy atom. The van der Waals surface area contributed by atoms with Gasteiger partial charge in [-0.15, -0.1) is 11.3 Å². The van der Waals surface area contributed by atoms with Crippen molar-refractivity contribution in [2.45, 2.75) is 0 Å². The smallest absolute Gasteiger partial charge is 0.279 e. The first kappa shape index (κ1) is 20.4. The number of hydrogen-bond acceptors (Lipinski definition) is 5. The zero-order valence-corrected chi connectivity index (χ0v) is 16.3. The number of thiophene rings is 1. The molecule has 0 saturated heterocycles. The van der Waals surface area contributed by atoms with Gasteiger partial charge in [-0.25, -0.2) is 4.39 Å². The summed E-state index contributed by atoms with van der Waals surface area (Å²) >= 11 is 6.97. The van der Waals surface area contributed by atoms with Gasteiger partial charge in [-0.2, -0.15) is 0 Å². The third-order valence-corrected chi connectivity index (χ3v) is 5.01. The first-order chi connectivity index (χ1) is 13.9. The number of carbonyl (C=O) groups excluding carboxylic acids is 3. The summed E-state index contributed by atoms with van der Waals surface area (Å²) in [4.78, 5) is 40.9. The molecule has 0 spiro atoms. The Morgan fingerprint density at radius 3 is 2.48 bits per heavy atom. The number of nitrogens with one attached hydrogen (secondary N) is 3. The van der Waals surface area contributed by atoms with E-state index in [0.717, 1.165) is 10.4 Å². The molecule has 0 fully saturated rings. The van der Waals surface area contributed by atoms with Crippen LogP contribution >= 0.6 is 22.9 Å². The first-order valence-electron chi connectivity index (χ1n) is 8.27. The minimum atomic E-state index is -0.621. The summed E-state index contributed by atoms with van der Waals surface area (Å²) in [6.45, 7) is -0.363. The van der Waals surface area contributed by atoms with Crippen LogP contribution < -0.4 is 16.2 Å². The summed E-state index contributed by atoms with van der Waals surface area (Å²) < 4.78 is 13.0. The van der Waals surface area contributed by atoms with E-state index < -0.39 is 17.7 Å². The number of nitrogens with zero attached hydrogens (tertiary/aromatic N) is 1. The van der Waals surface area contributed by atoms with E-state index in [1.165, 1.54) is 41.8 Å². The van der Waals surface area contributed by atoms with Gasteiger partial charge in [0, 0.05) is 16.1 Å². The fourth-order valence-electron chi connectivity index (χ4n) is 2.24. The quantitative estimate of drug-likeness (QED) is 0.540. The van der Waals surface area contributed by atoms with Crippen LogP contribution in [0.15, 0.2) is 54.7 Å². The van der Waals surface area contributed by atoms with Gasteiger partial charge in [0.25, 0.3) is 17.7 Å². The average Bonchev–Trinajstić information content (AvgIpc) is 3.21. The van der Waals surface area contributed by atoms with E-state index in [1.807, 2.05) is 0 Å². The molecule has 29 heavy (non-hydrogen) atoms. The molecule has 1 aromatic carbocycles. The normalized spacial score (nSPS) is 10.3. The van der Waals surface area contributed by atoms with Crippen LogP contribution in [0.1, 0.15) is 20.2 Å². The molecule has 3 N–H and O–H groups in total. The van der Waals surface area contributed by atoms with Crippen LogP contribution in [0.3, 0.4) is 0 Å². The number of halogens is 2. The van der Waals surface area contributed by atoms with Crippen LogP contribution in [0, 0.1) is 5.82 Å². The van der Waals surface area contributed by atoms with Crippen molar-refractivity contribution in [3.63, 3.8) is 0 Å². The van der Waals surface area contributed by atoms with Crippen LogP contribution in [0.2, 0.25) is 5.02 Å². The summed E-state index contributed by atoms with van der Waals surface area (Å²) in [7, 11) is 0. The molecule has 0 bridgehead atoms. The summed E-state index contributed by atoms with van der Waals surface area (Å²) in [5.41, 5.74) is 5.33. The monoisotopic (exact) mass is 432 g/mol. The van der Waals surface area contributed by atoms with Crippen LogP contribution in [0.5, 0.6) is 0 Å². The van der Waals surface area contributed by atoms with Crippen molar-refractivity contribution >= 4 is 40.7 Å². The molecule has 2 aromatic heterocycles. The first-order valence-corrected chi connectivity index (χ1v) is 9.46.